The maximum atomic E-state index is 6.08. The summed E-state index contributed by atoms with van der Waals surface area (Å²) in [6, 6.07) is 8.56. The largest absolute Gasteiger partial charge is 0.304 e. The predicted molar refractivity (Wildman–Crippen MR) is 94.0 cm³/mol. The molecule has 0 aliphatic carbocycles. The molecule has 0 fully saturated rings. The standard InChI is InChI=1S/C15H15ClN2S3/c1-10-9-20-14(18-10)6-7-17-15(11-3-2-8-19-11)12-4-5-13(16)21-12/h2-5,8-9,15,17H,6-7H2,1H3. The summed E-state index contributed by atoms with van der Waals surface area (Å²) in [7, 11) is 0. The number of aromatic nitrogens is 1. The maximum absolute atomic E-state index is 6.08. The lowest BCUT2D eigenvalue weighted by Crippen LogP contribution is -2.23. The Balaban J connectivity index is 1.68. The lowest BCUT2D eigenvalue weighted by molar-refractivity contribution is 0.620. The van der Waals surface area contributed by atoms with E-state index in [4.69, 9.17) is 11.6 Å². The lowest BCUT2D eigenvalue weighted by atomic mass is 10.2. The summed E-state index contributed by atoms with van der Waals surface area (Å²) in [5, 5.41) is 9.04. The number of hydrogen-bond acceptors (Lipinski definition) is 5. The van der Waals surface area contributed by atoms with Crippen molar-refractivity contribution >= 4 is 45.6 Å². The third-order valence-corrected chi connectivity index (χ3v) is 6.32. The fourth-order valence-electron chi connectivity index (χ4n) is 2.12. The molecule has 0 saturated carbocycles. The van der Waals surface area contributed by atoms with Crippen molar-refractivity contribution < 1.29 is 0 Å². The summed E-state index contributed by atoms with van der Waals surface area (Å²) in [5.41, 5.74) is 1.11. The van der Waals surface area contributed by atoms with Gasteiger partial charge >= 0.3 is 0 Å². The van der Waals surface area contributed by atoms with Crippen molar-refractivity contribution in [3.63, 3.8) is 0 Å². The van der Waals surface area contributed by atoms with E-state index < -0.39 is 0 Å². The van der Waals surface area contributed by atoms with Crippen LogP contribution in [0.5, 0.6) is 0 Å². The van der Waals surface area contributed by atoms with Crippen molar-refractivity contribution in [3.8, 4) is 0 Å². The number of rotatable bonds is 6. The summed E-state index contributed by atoms with van der Waals surface area (Å²) < 4.78 is 0.837. The first-order chi connectivity index (χ1) is 10.2. The van der Waals surface area contributed by atoms with Gasteiger partial charge in [-0.25, -0.2) is 4.98 Å². The minimum atomic E-state index is 0.226. The molecule has 1 atom stereocenters. The first-order valence-electron chi connectivity index (χ1n) is 6.65. The van der Waals surface area contributed by atoms with Crippen LogP contribution in [0.3, 0.4) is 0 Å². The Morgan fingerprint density at radius 1 is 1.24 bits per heavy atom. The average molecular weight is 355 g/mol. The zero-order chi connectivity index (χ0) is 14.7. The van der Waals surface area contributed by atoms with E-state index >= 15 is 0 Å². The molecule has 3 heterocycles. The molecule has 6 heteroatoms. The molecular formula is C15H15ClN2S3. The normalized spacial score (nSPS) is 12.7. The second-order valence-corrected chi connectivity index (χ2v) is 8.35. The van der Waals surface area contributed by atoms with Gasteiger partial charge in [0.2, 0.25) is 0 Å². The Morgan fingerprint density at radius 2 is 2.14 bits per heavy atom. The van der Waals surface area contributed by atoms with Crippen LogP contribution in [0.25, 0.3) is 0 Å². The molecule has 21 heavy (non-hydrogen) atoms. The third-order valence-electron chi connectivity index (χ3n) is 3.06. The molecule has 0 aromatic carbocycles. The predicted octanol–water partition coefficient (Wildman–Crippen LogP) is 5.15. The van der Waals surface area contributed by atoms with Gasteiger partial charge in [-0.15, -0.1) is 34.0 Å². The van der Waals surface area contributed by atoms with E-state index in [0.29, 0.717) is 0 Å². The second-order valence-electron chi connectivity index (χ2n) is 4.68. The van der Waals surface area contributed by atoms with Gasteiger partial charge in [-0.3, -0.25) is 0 Å². The van der Waals surface area contributed by atoms with Crippen LogP contribution in [0, 0.1) is 6.92 Å². The van der Waals surface area contributed by atoms with Crippen LogP contribution in [0.4, 0.5) is 0 Å². The number of hydrogen-bond donors (Lipinski definition) is 1. The van der Waals surface area contributed by atoms with Crippen molar-refractivity contribution in [1.82, 2.24) is 10.3 Å². The molecule has 0 amide bonds. The Kier molecular flexibility index (Phi) is 5.08. The van der Waals surface area contributed by atoms with E-state index in [1.165, 1.54) is 14.8 Å². The molecule has 0 bridgehead atoms. The summed E-state index contributed by atoms with van der Waals surface area (Å²) in [6.45, 7) is 2.95. The Hall–Kier alpha value is -0.720. The highest BCUT2D eigenvalue weighted by molar-refractivity contribution is 7.16. The summed E-state index contributed by atoms with van der Waals surface area (Å²) >= 11 is 11.2. The molecule has 2 nitrogen and oxygen atoms in total. The van der Waals surface area contributed by atoms with Crippen LogP contribution >= 0.6 is 45.6 Å². The van der Waals surface area contributed by atoms with Crippen molar-refractivity contribution in [1.29, 1.82) is 0 Å². The van der Waals surface area contributed by atoms with E-state index in [-0.39, 0.29) is 6.04 Å². The first kappa shape index (κ1) is 15.2. The topological polar surface area (TPSA) is 24.9 Å². The van der Waals surface area contributed by atoms with Crippen molar-refractivity contribution in [2.24, 2.45) is 0 Å². The van der Waals surface area contributed by atoms with Gasteiger partial charge in [0, 0.05) is 33.8 Å². The summed E-state index contributed by atoms with van der Waals surface area (Å²) in [4.78, 5) is 7.09. The minimum Gasteiger partial charge on any atom is -0.304 e. The van der Waals surface area contributed by atoms with Gasteiger partial charge in [0.1, 0.15) is 0 Å². The van der Waals surface area contributed by atoms with E-state index in [1.807, 2.05) is 13.0 Å². The molecule has 0 aliphatic heterocycles. The minimum absolute atomic E-state index is 0.226. The molecule has 0 radical (unpaired) electrons. The van der Waals surface area contributed by atoms with Crippen LogP contribution in [-0.2, 0) is 6.42 Å². The van der Waals surface area contributed by atoms with Gasteiger partial charge in [0.15, 0.2) is 0 Å². The monoisotopic (exact) mass is 354 g/mol. The summed E-state index contributed by atoms with van der Waals surface area (Å²) in [5.74, 6) is 0. The second kappa shape index (κ2) is 7.03. The average Bonchev–Trinajstić information content (AvgIpc) is 3.17. The van der Waals surface area contributed by atoms with E-state index in [1.54, 1.807) is 34.0 Å². The van der Waals surface area contributed by atoms with Gasteiger partial charge in [-0.05, 0) is 30.5 Å². The molecule has 3 rings (SSSR count). The Morgan fingerprint density at radius 3 is 2.76 bits per heavy atom. The van der Waals surface area contributed by atoms with Gasteiger partial charge in [0.25, 0.3) is 0 Å². The van der Waals surface area contributed by atoms with Crippen molar-refractivity contribution in [2.45, 2.75) is 19.4 Å². The lowest BCUT2D eigenvalue weighted by Gasteiger charge is -2.15. The van der Waals surface area contributed by atoms with Gasteiger partial charge in [-0.2, -0.15) is 0 Å². The SMILES string of the molecule is Cc1csc(CCNC(c2cccs2)c2ccc(Cl)s2)n1. The van der Waals surface area contributed by atoms with Crippen molar-refractivity contribution in [2.75, 3.05) is 6.54 Å². The number of nitrogens with zero attached hydrogens (tertiary/aromatic N) is 1. The van der Waals surface area contributed by atoms with E-state index in [2.05, 4.69) is 39.3 Å². The van der Waals surface area contributed by atoms with Gasteiger partial charge in [0.05, 0.1) is 15.4 Å². The van der Waals surface area contributed by atoms with Crippen molar-refractivity contribution in [3.05, 3.63) is 59.8 Å². The van der Waals surface area contributed by atoms with Crippen LogP contribution in [0.2, 0.25) is 4.34 Å². The van der Waals surface area contributed by atoms with Gasteiger partial charge in [-0.1, -0.05) is 17.7 Å². The van der Waals surface area contributed by atoms with E-state index in [0.717, 1.165) is 23.0 Å². The van der Waals surface area contributed by atoms with Crippen LogP contribution in [0.15, 0.2) is 35.0 Å². The smallest absolute Gasteiger partial charge is 0.0940 e. The zero-order valence-electron chi connectivity index (χ0n) is 11.5. The Bertz CT molecular complexity index is 687. The number of thiazole rings is 1. The number of aryl methyl sites for hydroxylation is 1. The molecule has 110 valence electrons. The highest BCUT2D eigenvalue weighted by Gasteiger charge is 2.16. The van der Waals surface area contributed by atoms with Gasteiger partial charge < -0.3 is 5.32 Å². The Labute approximate surface area is 141 Å². The molecule has 1 unspecified atom stereocenters. The number of thiophene rings is 2. The number of halogens is 1. The first-order valence-corrected chi connectivity index (χ1v) is 9.61. The zero-order valence-corrected chi connectivity index (χ0v) is 14.7. The van der Waals surface area contributed by atoms with Crippen LogP contribution in [0.1, 0.15) is 26.5 Å². The molecule has 0 aliphatic rings. The molecule has 0 saturated heterocycles. The third kappa shape index (κ3) is 3.93. The fraction of sp³-hybridized carbons (Fsp3) is 0.267. The molecule has 3 aromatic heterocycles. The fourth-order valence-corrected chi connectivity index (χ4v) is 4.95. The van der Waals surface area contributed by atoms with Crippen LogP contribution in [-0.4, -0.2) is 11.5 Å². The molecule has 0 spiro atoms. The highest BCUT2D eigenvalue weighted by atomic mass is 35.5. The number of nitrogens with one attached hydrogen (secondary N) is 1. The highest BCUT2D eigenvalue weighted by Crippen LogP contribution is 2.33. The maximum Gasteiger partial charge on any atom is 0.0940 e. The van der Waals surface area contributed by atoms with Crippen LogP contribution < -0.4 is 5.32 Å². The molecular weight excluding hydrogens is 340 g/mol. The molecule has 3 aromatic rings. The van der Waals surface area contributed by atoms with E-state index in [9.17, 15) is 0 Å². The summed E-state index contributed by atoms with van der Waals surface area (Å²) in [6.07, 6.45) is 0.958. The molecule has 1 N–H and O–H groups in total. The quantitative estimate of drug-likeness (QED) is 0.662.